The third kappa shape index (κ3) is 4.79. The minimum atomic E-state index is -4.45. The number of aromatic nitrogens is 1. The lowest BCUT2D eigenvalue weighted by Crippen LogP contribution is -2.28. The zero-order valence-corrected chi connectivity index (χ0v) is 13.6. The van der Waals surface area contributed by atoms with Gasteiger partial charge in [0.15, 0.2) is 0 Å². The van der Waals surface area contributed by atoms with E-state index >= 15 is 0 Å². The van der Waals surface area contributed by atoms with E-state index in [9.17, 15) is 18.0 Å². The van der Waals surface area contributed by atoms with Crippen LogP contribution in [0.3, 0.4) is 0 Å². The normalized spacial score (nSPS) is 11.5. The molecule has 2 rings (SSSR count). The average molecular weight is 342 g/mol. The summed E-state index contributed by atoms with van der Waals surface area (Å²) in [6.45, 7) is 4.25. The van der Waals surface area contributed by atoms with Gasteiger partial charge in [-0.3, -0.25) is 4.79 Å². The number of nitrogens with zero attached hydrogens (tertiary/aromatic N) is 1. The number of hydrogen-bond donors (Lipinski definition) is 1. The third-order valence-electron chi connectivity index (χ3n) is 3.41. The predicted molar refractivity (Wildman–Crippen MR) is 83.4 cm³/mol. The number of halogens is 3. The largest absolute Gasteiger partial charge is 0.416 e. The summed E-state index contributed by atoms with van der Waals surface area (Å²) in [7, 11) is 0. The zero-order chi connectivity index (χ0) is 17.0. The van der Waals surface area contributed by atoms with Crippen LogP contribution < -0.4 is 5.32 Å². The zero-order valence-electron chi connectivity index (χ0n) is 12.8. The molecule has 0 fully saturated rings. The summed E-state index contributed by atoms with van der Waals surface area (Å²) in [6.07, 6.45) is -4.16. The first-order valence-electron chi connectivity index (χ1n) is 7.12. The van der Waals surface area contributed by atoms with Crippen LogP contribution in [0.1, 0.15) is 26.7 Å². The Balaban J connectivity index is 1.90. The van der Waals surface area contributed by atoms with Crippen LogP contribution in [0.4, 0.5) is 13.2 Å². The van der Waals surface area contributed by atoms with E-state index in [2.05, 4.69) is 10.3 Å². The number of hydrogen-bond acceptors (Lipinski definition) is 3. The first-order chi connectivity index (χ1) is 10.8. The van der Waals surface area contributed by atoms with Gasteiger partial charge in [-0.1, -0.05) is 18.2 Å². The fourth-order valence-electron chi connectivity index (χ4n) is 2.14. The highest BCUT2D eigenvalue weighted by atomic mass is 32.1. The molecule has 124 valence electrons. The lowest BCUT2D eigenvalue weighted by atomic mass is 10.0. The second kappa shape index (κ2) is 7.12. The molecule has 1 N–H and O–H groups in total. The lowest BCUT2D eigenvalue weighted by Gasteiger charge is -2.12. The van der Waals surface area contributed by atoms with Crippen molar-refractivity contribution in [2.24, 2.45) is 0 Å². The fraction of sp³-hybridized carbons (Fsp3) is 0.375. The summed E-state index contributed by atoms with van der Waals surface area (Å²) in [4.78, 5) is 17.3. The number of rotatable bonds is 5. The summed E-state index contributed by atoms with van der Waals surface area (Å²) in [6, 6.07) is 5.13. The number of nitrogens with one attached hydrogen (secondary N) is 1. The fourth-order valence-corrected chi connectivity index (χ4v) is 3.07. The van der Waals surface area contributed by atoms with E-state index in [0.29, 0.717) is 13.0 Å². The quantitative estimate of drug-likeness (QED) is 0.901. The van der Waals surface area contributed by atoms with Crippen LogP contribution in [0.15, 0.2) is 24.3 Å². The summed E-state index contributed by atoms with van der Waals surface area (Å²) in [5.41, 5.74) is 0.190. The average Bonchev–Trinajstić information content (AvgIpc) is 2.77. The Kier molecular flexibility index (Phi) is 5.41. The standard InChI is InChI=1S/C16H17F3N2OS/c1-10-11(2)23-15(21-10)7-8-20-14(22)9-12-5-3-4-6-13(12)16(17,18)19/h3-6H,7-9H2,1-2H3,(H,20,22). The maximum atomic E-state index is 12.9. The smallest absolute Gasteiger partial charge is 0.355 e. The molecule has 1 aromatic heterocycles. The van der Waals surface area contributed by atoms with Crippen molar-refractivity contribution < 1.29 is 18.0 Å². The molecule has 0 atom stereocenters. The minimum Gasteiger partial charge on any atom is -0.355 e. The summed E-state index contributed by atoms with van der Waals surface area (Å²) >= 11 is 1.56. The van der Waals surface area contributed by atoms with E-state index in [1.165, 1.54) is 18.2 Å². The Morgan fingerprint density at radius 2 is 1.96 bits per heavy atom. The highest BCUT2D eigenvalue weighted by Gasteiger charge is 2.33. The second-order valence-corrected chi connectivity index (χ2v) is 6.47. The van der Waals surface area contributed by atoms with Crippen LogP contribution in [0.25, 0.3) is 0 Å². The molecule has 0 radical (unpaired) electrons. The van der Waals surface area contributed by atoms with Gasteiger partial charge in [-0.2, -0.15) is 13.2 Å². The lowest BCUT2D eigenvalue weighted by molar-refractivity contribution is -0.138. The van der Waals surface area contributed by atoms with E-state index in [1.807, 2.05) is 13.8 Å². The SMILES string of the molecule is Cc1nc(CCNC(=O)Cc2ccccc2C(F)(F)F)sc1C. The first-order valence-corrected chi connectivity index (χ1v) is 7.93. The number of carbonyl (C=O) groups excluding carboxylic acids is 1. The van der Waals surface area contributed by atoms with E-state index in [4.69, 9.17) is 0 Å². The minimum absolute atomic E-state index is 0.0153. The van der Waals surface area contributed by atoms with Gasteiger partial charge in [-0.05, 0) is 25.5 Å². The monoisotopic (exact) mass is 342 g/mol. The molecule has 0 aliphatic heterocycles. The van der Waals surface area contributed by atoms with Crippen molar-refractivity contribution in [1.29, 1.82) is 0 Å². The number of aryl methyl sites for hydroxylation is 2. The van der Waals surface area contributed by atoms with E-state index < -0.39 is 17.6 Å². The number of thiazole rings is 1. The molecule has 0 aliphatic rings. The Hall–Kier alpha value is -1.89. The molecule has 23 heavy (non-hydrogen) atoms. The molecule has 0 spiro atoms. The molecule has 1 amide bonds. The van der Waals surface area contributed by atoms with Gasteiger partial charge in [0.05, 0.1) is 22.7 Å². The third-order valence-corrected chi connectivity index (χ3v) is 4.54. The number of amides is 1. The van der Waals surface area contributed by atoms with Crippen LogP contribution in [-0.4, -0.2) is 17.4 Å². The van der Waals surface area contributed by atoms with Crippen molar-refractivity contribution in [3.05, 3.63) is 51.0 Å². The molecule has 7 heteroatoms. The van der Waals surface area contributed by atoms with Crippen LogP contribution in [0, 0.1) is 13.8 Å². The maximum Gasteiger partial charge on any atom is 0.416 e. The Bertz CT molecular complexity index is 675. The van der Waals surface area contributed by atoms with Gasteiger partial charge in [0.25, 0.3) is 0 Å². The molecule has 0 unspecified atom stereocenters. The van der Waals surface area contributed by atoms with Crippen molar-refractivity contribution >= 4 is 17.2 Å². The molecule has 0 bridgehead atoms. The second-order valence-electron chi connectivity index (χ2n) is 5.18. The van der Waals surface area contributed by atoms with Gasteiger partial charge in [0.2, 0.25) is 5.91 Å². The van der Waals surface area contributed by atoms with Crippen LogP contribution in [0.2, 0.25) is 0 Å². The topological polar surface area (TPSA) is 42.0 Å². The van der Waals surface area contributed by atoms with Crippen molar-refractivity contribution in [2.75, 3.05) is 6.54 Å². The van der Waals surface area contributed by atoms with Crippen LogP contribution >= 0.6 is 11.3 Å². The van der Waals surface area contributed by atoms with E-state index in [-0.39, 0.29) is 12.0 Å². The van der Waals surface area contributed by atoms with Crippen LogP contribution in [0.5, 0.6) is 0 Å². The van der Waals surface area contributed by atoms with Crippen molar-refractivity contribution in [2.45, 2.75) is 32.9 Å². The Morgan fingerprint density at radius 3 is 2.57 bits per heavy atom. The van der Waals surface area contributed by atoms with Crippen LogP contribution in [-0.2, 0) is 23.8 Å². The van der Waals surface area contributed by atoms with Gasteiger partial charge < -0.3 is 5.32 Å². The van der Waals surface area contributed by atoms with Gasteiger partial charge in [0.1, 0.15) is 0 Å². The van der Waals surface area contributed by atoms with Gasteiger partial charge >= 0.3 is 6.18 Å². The molecule has 1 aromatic carbocycles. The molecular formula is C16H17F3N2OS. The van der Waals surface area contributed by atoms with Gasteiger partial charge in [-0.15, -0.1) is 11.3 Å². The Labute approximate surface area is 136 Å². The Morgan fingerprint density at radius 1 is 1.26 bits per heavy atom. The molecule has 1 heterocycles. The highest BCUT2D eigenvalue weighted by molar-refractivity contribution is 7.11. The van der Waals surface area contributed by atoms with Gasteiger partial charge in [0, 0.05) is 17.8 Å². The van der Waals surface area contributed by atoms with Gasteiger partial charge in [-0.25, -0.2) is 4.98 Å². The molecule has 0 saturated heterocycles. The summed E-state index contributed by atoms with van der Waals surface area (Å²) in [5, 5.41) is 3.56. The molecular weight excluding hydrogens is 325 g/mol. The predicted octanol–water partition coefficient (Wildman–Crippen LogP) is 3.68. The van der Waals surface area contributed by atoms with Crippen molar-refractivity contribution in [3.8, 4) is 0 Å². The first kappa shape index (κ1) is 17.5. The number of alkyl halides is 3. The number of benzene rings is 1. The van der Waals surface area contributed by atoms with Crippen molar-refractivity contribution in [3.63, 3.8) is 0 Å². The van der Waals surface area contributed by atoms with E-state index in [0.717, 1.165) is 21.6 Å². The molecule has 3 nitrogen and oxygen atoms in total. The molecule has 0 saturated carbocycles. The highest BCUT2D eigenvalue weighted by Crippen LogP contribution is 2.31. The molecule has 2 aromatic rings. The summed E-state index contributed by atoms with van der Waals surface area (Å²) < 4.78 is 38.6. The number of carbonyl (C=O) groups is 1. The summed E-state index contributed by atoms with van der Waals surface area (Å²) in [5.74, 6) is -0.424. The molecule has 0 aliphatic carbocycles. The van der Waals surface area contributed by atoms with Crippen molar-refractivity contribution in [1.82, 2.24) is 10.3 Å². The maximum absolute atomic E-state index is 12.9. The van der Waals surface area contributed by atoms with E-state index in [1.54, 1.807) is 11.3 Å².